The molecule has 0 aromatic heterocycles. The molecule has 4 nitrogen and oxygen atoms in total. The van der Waals surface area contributed by atoms with Gasteiger partial charge in [0, 0.05) is 16.8 Å². The molecular formula is C24H21NO3. The topological polar surface area (TPSA) is 39.7 Å². The van der Waals surface area contributed by atoms with E-state index in [1.54, 1.807) is 14.2 Å². The zero-order valence-corrected chi connectivity index (χ0v) is 15.8. The second kappa shape index (κ2) is 7.92. The molecule has 0 fully saturated rings. The molecule has 0 amide bonds. The molecule has 1 N–H and O–H groups in total. The molecule has 0 bridgehead atoms. The molecule has 140 valence electrons. The van der Waals surface area contributed by atoms with Gasteiger partial charge in [-0.15, -0.1) is 0 Å². The van der Waals surface area contributed by atoms with Crippen molar-refractivity contribution >= 4 is 22.1 Å². The minimum absolute atomic E-state index is 0.704. The van der Waals surface area contributed by atoms with Crippen LogP contribution in [0.4, 0.5) is 11.4 Å². The van der Waals surface area contributed by atoms with Crippen molar-refractivity contribution in [2.45, 2.75) is 0 Å². The molecule has 0 radical (unpaired) electrons. The van der Waals surface area contributed by atoms with Gasteiger partial charge in [-0.25, -0.2) is 0 Å². The Balaban J connectivity index is 1.59. The highest BCUT2D eigenvalue weighted by Crippen LogP contribution is 2.36. The first-order valence-corrected chi connectivity index (χ1v) is 9.01. The van der Waals surface area contributed by atoms with Crippen molar-refractivity contribution in [3.05, 3.63) is 84.9 Å². The van der Waals surface area contributed by atoms with E-state index in [2.05, 4.69) is 11.4 Å². The van der Waals surface area contributed by atoms with E-state index in [1.807, 2.05) is 78.9 Å². The lowest BCUT2D eigenvalue weighted by molar-refractivity contribution is 0.356. The first-order chi connectivity index (χ1) is 13.8. The summed E-state index contributed by atoms with van der Waals surface area (Å²) < 4.78 is 16.7. The van der Waals surface area contributed by atoms with E-state index >= 15 is 0 Å². The summed E-state index contributed by atoms with van der Waals surface area (Å²) in [5, 5.41) is 5.61. The van der Waals surface area contributed by atoms with Gasteiger partial charge in [0.1, 0.15) is 11.5 Å². The van der Waals surface area contributed by atoms with Crippen LogP contribution in [-0.2, 0) is 0 Å². The van der Waals surface area contributed by atoms with Gasteiger partial charge in [0.05, 0.1) is 14.2 Å². The third kappa shape index (κ3) is 3.71. The Bertz CT molecular complexity index is 1080. The summed E-state index contributed by atoms with van der Waals surface area (Å²) in [4.78, 5) is 0. The van der Waals surface area contributed by atoms with Crippen LogP contribution >= 0.6 is 0 Å². The molecule has 4 heteroatoms. The number of methoxy groups -OCH3 is 2. The average molecular weight is 371 g/mol. The Labute approximate surface area is 164 Å². The molecule has 0 saturated carbocycles. The molecule has 0 saturated heterocycles. The normalized spacial score (nSPS) is 10.5. The minimum Gasteiger partial charge on any atom is -0.493 e. The zero-order chi connectivity index (χ0) is 19.3. The Hall–Kier alpha value is -3.66. The van der Waals surface area contributed by atoms with Crippen molar-refractivity contribution in [1.29, 1.82) is 0 Å². The Morgan fingerprint density at radius 3 is 2.04 bits per heavy atom. The second-order valence-electron chi connectivity index (χ2n) is 6.30. The van der Waals surface area contributed by atoms with Gasteiger partial charge in [-0.05, 0) is 60.0 Å². The van der Waals surface area contributed by atoms with Gasteiger partial charge in [0.2, 0.25) is 0 Å². The molecule has 0 aliphatic heterocycles. The van der Waals surface area contributed by atoms with E-state index in [-0.39, 0.29) is 0 Å². The Morgan fingerprint density at radius 1 is 0.643 bits per heavy atom. The monoisotopic (exact) mass is 371 g/mol. The number of ether oxygens (including phenoxy) is 3. The van der Waals surface area contributed by atoms with E-state index in [4.69, 9.17) is 14.2 Å². The fourth-order valence-electron chi connectivity index (χ4n) is 3.10. The fourth-order valence-corrected chi connectivity index (χ4v) is 3.10. The highest BCUT2D eigenvalue weighted by atomic mass is 16.5. The highest BCUT2D eigenvalue weighted by molar-refractivity contribution is 5.97. The molecule has 0 aliphatic rings. The molecule has 0 aliphatic carbocycles. The maximum Gasteiger partial charge on any atom is 0.161 e. The van der Waals surface area contributed by atoms with Crippen molar-refractivity contribution in [1.82, 2.24) is 0 Å². The van der Waals surface area contributed by atoms with Crippen LogP contribution in [0.25, 0.3) is 10.8 Å². The summed E-state index contributed by atoms with van der Waals surface area (Å²) in [6.07, 6.45) is 0. The van der Waals surface area contributed by atoms with Crippen LogP contribution in [0.3, 0.4) is 0 Å². The number of anilines is 2. The van der Waals surface area contributed by atoms with Gasteiger partial charge >= 0.3 is 0 Å². The minimum atomic E-state index is 0.704. The molecule has 0 unspecified atom stereocenters. The quantitative estimate of drug-likeness (QED) is 0.426. The van der Waals surface area contributed by atoms with Crippen molar-refractivity contribution in [2.75, 3.05) is 19.5 Å². The predicted molar refractivity (Wildman–Crippen MR) is 113 cm³/mol. The van der Waals surface area contributed by atoms with Crippen molar-refractivity contribution < 1.29 is 14.2 Å². The summed E-state index contributed by atoms with van der Waals surface area (Å²) in [6.45, 7) is 0. The second-order valence-corrected chi connectivity index (χ2v) is 6.30. The van der Waals surface area contributed by atoms with E-state index in [9.17, 15) is 0 Å². The lowest BCUT2D eigenvalue weighted by Gasteiger charge is -2.14. The standard InChI is InChI=1S/C24H21NO3/c1-26-23-15-17-7-6-10-22(21(17)16-24(23)27-2)25-18-11-13-20(14-12-18)28-19-8-4-3-5-9-19/h3-16,25H,1-2H3. The summed E-state index contributed by atoms with van der Waals surface area (Å²) in [5.74, 6) is 3.03. The number of rotatable bonds is 6. The Kier molecular flexibility index (Phi) is 5.02. The fraction of sp³-hybridized carbons (Fsp3) is 0.0833. The number of hydrogen-bond donors (Lipinski definition) is 1. The average Bonchev–Trinajstić information content (AvgIpc) is 2.75. The van der Waals surface area contributed by atoms with Gasteiger partial charge in [-0.1, -0.05) is 30.3 Å². The van der Waals surface area contributed by atoms with E-state index in [0.717, 1.165) is 39.4 Å². The summed E-state index contributed by atoms with van der Waals surface area (Å²) >= 11 is 0. The van der Waals surface area contributed by atoms with Crippen molar-refractivity contribution in [3.8, 4) is 23.0 Å². The van der Waals surface area contributed by atoms with Gasteiger partial charge in [-0.2, -0.15) is 0 Å². The first kappa shape index (κ1) is 17.7. The van der Waals surface area contributed by atoms with Crippen LogP contribution in [0.1, 0.15) is 0 Å². The molecule has 0 heterocycles. The van der Waals surface area contributed by atoms with Crippen LogP contribution in [0.2, 0.25) is 0 Å². The smallest absolute Gasteiger partial charge is 0.161 e. The third-order valence-corrected chi connectivity index (χ3v) is 4.50. The molecule has 4 aromatic carbocycles. The first-order valence-electron chi connectivity index (χ1n) is 9.01. The summed E-state index contributed by atoms with van der Waals surface area (Å²) in [6, 6.07) is 27.7. The predicted octanol–water partition coefficient (Wildman–Crippen LogP) is 6.39. The van der Waals surface area contributed by atoms with Gasteiger partial charge in [-0.3, -0.25) is 0 Å². The lowest BCUT2D eigenvalue weighted by Crippen LogP contribution is -1.94. The zero-order valence-electron chi connectivity index (χ0n) is 15.8. The molecule has 4 rings (SSSR count). The SMILES string of the molecule is COc1cc2cccc(Nc3ccc(Oc4ccccc4)cc3)c2cc1OC. The van der Waals surface area contributed by atoms with Gasteiger partial charge in [0.25, 0.3) is 0 Å². The van der Waals surface area contributed by atoms with E-state index in [0.29, 0.717) is 5.75 Å². The summed E-state index contributed by atoms with van der Waals surface area (Å²) in [7, 11) is 3.29. The maximum absolute atomic E-state index is 5.85. The van der Waals surface area contributed by atoms with Gasteiger partial charge < -0.3 is 19.5 Å². The number of fused-ring (bicyclic) bond motifs is 1. The molecule has 4 aromatic rings. The number of benzene rings is 4. The van der Waals surface area contributed by atoms with Crippen LogP contribution in [0, 0.1) is 0 Å². The molecule has 0 spiro atoms. The number of nitrogens with one attached hydrogen (secondary N) is 1. The van der Waals surface area contributed by atoms with Crippen molar-refractivity contribution in [2.24, 2.45) is 0 Å². The molecule has 28 heavy (non-hydrogen) atoms. The highest BCUT2D eigenvalue weighted by Gasteiger charge is 2.09. The van der Waals surface area contributed by atoms with E-state index < -0.39 is 0 Å². The molecular weight excluding hydrogens is 350 g/mol. The van der Waals surface area contributed by atoms with Crippen LogP contribution in [-0.4, -0.2) is 14.2 Å². The Morgan fingerprint density at radius 2 is 1.32 bits per heavy atom. The van der Waals surface area contributed by atoms with E-state index in [1.165, 1.54) is 0 Å². The number of hydrogen-bond acceptors (Lipinski definition) is 4. The van der Waals surface area contributed by atoms with Gasteiger partial charge in [0.15, 0.2) is 11.5 Å². The number of para-hydroxylation sites is 1. The van der Waals surface area contributed by atoms with Crippen molar-refractivity contribution in [3.63, 3.8) is 0 Å². The van der Waals surface area contributed by atoms with Crippen LogP contribution in [0.15, 0.2) is 84.9 Å². The largest absolute Gasteiger partial charge is 0.493 e. The third-order valence-electron chi connectivity index (χ3n) is 4.50. The molecule has 0 atom stereocenters. The lowest BCUT2D eigenvalue weighted by atomic mass is 10.1. The van der Waals surface area contributed by atoms with Crippen LogP contribution in [0.5, 0.6) is 23.0 Å². The summed E-state index contributed by atoms with van der Waals surface area (Å²) in [5.41, 5.74) is 1.97. The van der Waals surface area contributed by atoms with Crippen LogP contribution < -0.4 is 19.5 Å². The maximum atomic E-state index is 5.85.